The zero-order valence-corrected chi connectivity index (χ0v) is 18.3. The third-order valence-corrected chi connectivity index (χ3v) is 7.26. The highest BCUT2D eigenvalue weighted by Crippen LogP contribution is 2.49. The van der Waals surface area contributed by atoms with Gasteiger partial charge in [0.05, 0.1) is 26.8 Å². The van der Waals surface area contributed by atoms with Gasteiger partial charge in [0.15, 0.2) is 0 Å². The molecule has 4 heteroatoms. The predicted octanol–water partition coefficient (Wildman–Crippen LogP) is 4.86. The van der Waals surface area contributed by atoms with Gasteiger partial charge in [-0.2, -0.15) is 0 Å². The zero-order chi connectivity index (χ0) is 20.8. The van der Waals surface area contributed by atoms with Gasteiger partial charge in [0.2, 0.25) is 0 Å². The Morgan fingerprint density at radius 2 is 1.40 bits per heavy atom. The molecule has 0 aliphatic heterocycles. The van der Waals surface area contributed by atoms with Crippen molar-refractivity contribution in [2.45, 2.75) is 12.3 Å². The van der Waals surface area contributed by atoms with Crippen molar-refractivity contribution < 1.29 is 14.0 Å². The van der Waals surface area contributed by atoms with E-state index in [1.165, 1.54) is 27.3 Å². The van der Waals surface area contributed by atoms with E-state index in [-0.39, 0.29) is 12.2 Å². The minimum atomic E-state index is -0.881. The molecule has 0 fully saturated rings. The molecule has 0 N–H and O–H groups in total. The van der Waals surface area contributed by atoms with Crippen molar-refractivity contribution in [1.82, 2.24) is 0 Å². The van der Waals surface area contributed by atoms with Crippen molar-refractivity contribution in [3.8, 4) is 0 Å². The van der Waals surface area contributed by atoms with Crippen molar-refractivity contribution in [2.75, 3.05) is 27.1 Å². The number of hydrogen-bond donors (Lipinski definition) is 0. The number of aryl methyl sites for hydroxylation is 1. The first-order valence-electron chi connectivity index (χ1n) is 10.1. The second-order valence-corrected chi connectivity index (χ2v) is 9.38. The maximum absolute atomic E-state index is 6.55. The summed E-state index contributed by atoms with van der Waals surface area (Å²) in [6.07, 6.45) is 2.27. The van der Waals surface area contributed by atoms with E-state index >= 15 is 0 Å². The van der Waals surface area contributed by atoms with E-state index in [9.17, 15) is 0 Å². The number of benzene rings is 3. The summed E-state index contributed by atoms with van der Waals surface area (Å²) in [5, 5.41) is 2.44. The van der Waals surface area contributed by atoms with Gasteiger partial charge in [-0.1, -0.05) is 96.6 Å². The molecule has 0 amide bonds. The van der Waals surface area contributed by atoms with Gasteiger partial charge in [0.1, 0.15) is 6.79 Å². The van der Waals surface area contributed by atoms with Crippen molar-refractivity contribution in [1.29, 1.82) is 0 Å². The molecule has 0 saturated carbocycles. The molecule has 30 heavy (non-hydrogen) atoms. The van der Waals surface area contributed by atoms with Gasteiger partial charge in [0, 0.05) is 17.7 Å². The first kappa shape index (κ1) is 21.0. The Morgan fingerprint density at radius 1 is 0.800 bits per heavy atom. The van der Waals surface area contributed by atoms with Crippen molar-refractivity contribution in [3.63, 3.8) is 0 Å². The van der Waals surface area contributed by atoms with Gasteiger partial charge in [0.25, 0.3) is 0 Å². The Balaban J connectivity index is 1.51. The molecule has 3 nitrogen and oxygen atoms in total. The van der Waals surface area contributed by atoms with Crippen LogP contribution in [0.3, 0.4) is 0 Å². The van der Waals surface area contributed by atoms with Gasteiger partial charge < -0.3 is 14.0 Å². The molecular weight excluding hydrogens is 391 g/mol. The quantitative estimate of drug-likeness (QED) is 0.204. The van der Waals surface area contributed by atoms with Crippen LogP contribution in [0.5, 0.6) is 0 Å². The minimum absolute atomic E-state index is 0.194. The van der Waals surface area contributed by atoms with Gasteiger partial charge >= 0.3 is 0 Å². The maximum Gasteiger partial charge on any atom is 0.146 e. The second kappa shape index (κ2) is 9.68. The molecular formula is C26H27O3P. The van der Waals surface area contributed by atoms with E-state index in [0.717, 1.165) is 0 Å². The van der Waals surface area contributed by atoms with E-state index in [1.807, 2.05) is 12.1 Å². The fourth-order valence-corrected chi connectivity index (χ4v) is 5.36. The Morgan fingerprint density at radius 3 is 1.97 bits per heavy atom. The number of rotatable bonds is 10. The maximum atomic E-state index is 6.55. The summed E-state index contributed by atoms with van der Waals surface area (Å²) in [4.78, 5) is 0. The highest BCUT2D eigenvalue weighted by Gasteiger charge is 2.46. The number of methoxy groups -OCH3 is 1. The van der Waals surface area contributed by atoms with Crippen LogP contribution in [0.2, 0.25) is 0 Å². The van der Waals surface area contributed by atoms with Crippen LogP contribution in [0.4, 0.5) is 0 Å². The summed E-state index contributed by atoms with van der Waals surface area (Å²) >= 11 is 0. The molecule has 1 atom stereocenters. The van der Waals surface area contributed by atoms with E-state index in [1.54, 1.807) is 7.11 Å². The molecule has 3 aromatic carbocycles. The zero-order valence-electron chi connectivity index (χ0n) is 17.5. The standard InChI is InChI=1S/C26H27O3P/c1-21-13-15-22(16-14-21)26(19-28-20-27-2)17-23(26)18-29-30(24-9-5-3-6-10-24)25-11-7-4-8-12-25/h3-17H,18-20H2,1-2H3. The number of ether oxygens (including phenoxy) is 2. The molecule has 0 spiro atoms. The second-order valence-electron chi connectivity index (χ2n) is 7.50. The first-order chi connectivity index (χ1) is 14.7. The molecule has 0 saturated heterocycles. The summed E-state index contributed by atoms with van der Waals surface area (Å²) in [6.45, 7) is 3.54. The predicted molar refractivity (Wildman–Crippen MR) is 124 cm³/mol. The molecule has 3 aromatic rings. The van der Waals surface area contributed by atoms with Crippen LogP contribution in [-0.4, -0.2) is 27.1 Å². The van der Waals surface area contributed by atoms with E-state index < -0.39 is 8.15 Å². The van der Waals surface area contributed by atoms with Gasteiger partial charge in [-0.25, -0.2) is 0 Å². The Bertz CT molecular complexity index is 931. The van der Waals surface area contributed by atoms with Gasteiger partial charge in [-0.3, -0.25) is 0 Å². The van der Waals surface area contributed by atoms with Crippen LogP contribution >= 0.6 is 8.15 Å². The fraction of sp³-hybridized carbons (Fsp3) is 0.231. The van der Waals surface area contributed by atoms with Gasteiger partial charge in [-0.15, -0.1) is 0 Å². The summed E-state index contributed by atoms with van der Waals surface area (Å²) in [7, 11) is 0.767. The lowest BCUT2D eigenvalue weighted by Crippen LogP contribution is -2.22. The van der Waals surface area contributed by atoms with E-state index in [4.69, 9.17) is 14.0 Å². The molecule has 1 unspecified atom stereocenters. The SMILES string of the molecule is COCOCC1(c2ccc(C)cc2)C=C1COP(c1ccccc1)c1ccccc1. The van der Waals surface area contributed by atoms with Crippen LogP contribution < -0.4 is 10.6 Å². The van der Waals surface area contributed by atoms with Crippen molar-refractivity contribution in [2.24, 2.45) is 0 Å². The lowest BCUT2D eigenvalue weighted by atomic mass is 9.91. The Kier molecular flexibility index (Phi) is 6.76. The van der Waals surface area contributed by atoms with Crippen LogP contribution in [-0.2, 0) is 19.4 Å². The van der Waals surface area contributed by atoms with Crippen molar-refractivity contribution in [3.05, 3.63) is 108 Å². The van der Waals surface area contributed by atoms with Gasteiger partial charge in [-0.05, 0) is 18.1 Å². The molecule has 4 rings (SSSR count). The van der Waals surface area contributed by atoms with Crippen molar-refractivity contribution >= 4 is 18.8 Å². The average Bonchev–Trinajstić information content (AvgIpc) is 3.50. The normalized spacial score (nSPS) is 17.8. The highest BCUT2D eigenvalue weighted by molar-refractivity contribution is 7.68. The first-order valence-corrected chi connectivity index (χ1v) is 11.4. The molecule has 0 radical (unpaired) electrons. The highest BCUT2D eigenvalue weighted by atomic mass is 31.1. The topological polar surface area (TPSA) is 27.7 Å². The minimum Gasteiger partial charge on any atom is -0.359 e. The molecule has 1 aliphatic carbocycles. The van der Waals surface area contributed by atoms with Crippen LogP contribution in [0, 0.1) is 6.92 Å². The summed E-state index contributed by atoms with van der Waals surface area (Å²) in [5.41, 5.74) is 3.57. The smallest absolute Gasteiger partial charge is 0.146 e. The van der Waals surface area contributed by atoms with E-state index in [2.05, 4.69) is 85.8 Å². The third-order valence-electron chi connectivity index (χ3n) is 5.34. The monoisotopic (exact) mass is 418 g/mol. The largest absolute Gasteiger partial charge is 0.359 e. The number of hydrogen-bond acceptors (Lipinski definition) is 3. The molecule has 154 valence electrons. The molecule has 0 bridgehead atoms. The average molecular weight is 418 g/mol. The van der Waals surface area contributed by atoms with E-state index in [0.29, 0.717) is 13.2 Å². The molecule has 0 aromatic heterocycles. The lowest BCUT2D eigenvalue weighted by Gasteiger charge is -2.22. The summed E-state index contributed by atoms with van der Waals surface area (Å²) in [5.74, 6) is 0. The Hall–Kier alpha value is -2.29. The van der Waals surface area contributed by atoms with Crippen LogP contribution in [0.1, 0.15) is 11.1 Å². The van der Waals surface area contributed by atoms with Crippen LogP contribution in [0.15, 0.2) is 96.6 Å². The fourth-order valence-electron chi connectivity index (χ4n) is 3.61. The van der Waals surface area contributed by atoms with Crippen LogP contribution in [0.25, 0.3) is 0 Å². The Labute approximate surface area is 180 Å². The molecule has 0 heterocycles. The summed E-state index contributed by atoms with van der Waals surface area (Å²) in [6, 6.07) is 29.6. The summed E-state index contributed by atoms with van der Waals surface area (Å²) < 4.78 is 17.4. The lowest BCUT2D eigenvalue weighted by molar-refractivity contribution is -0.0370. The third kappa shape index (κ3) is 4.71. The molecule has 1 aliphatic rings.